The lowest BCUT2D eigenvalue weighted by Crippen LogP contribution is -2.48. The molecular formula is C16H27N3O. The molecule has 1 aliphatic heterocycles. The molecule has 2 fully saturated rings. The summed E-state index contributed by atoms with van der Waals surface area (Å²) in [6.07, 6.45) is 5.73. The zero-order valence-corrected chi connectivity index (χ0v) is 12.8. The summed E-state index contributed by atoms with van der Waals surface area (Å²) in [5, 5.41) is 12.3. The van der Waals surface area contributed by atoms with Crippen LogP contribution in [0.1, 0.15) is 46.0 Å². The molecule has 1 N–H and O–H groups in total. The summed E-state index contributed by atoms with van der Waals surface area (Å²) in [6, 6.07) is 2.99. The first-order valence-corrected chi connectivity index (χ1v) is 7.98. The Morgan fingerprint density at radius 1 is 1.30 bits per heavy atom. The van der Waals surface area contributed by atoms with Crippen molar-refractivity contribution in [2.24, 2.45) is 17.8 Å². The molecule has 1 heterocycles. The average molecular weight is 277 g/mol. The molecule has 1 saturated heterocycles. The highest BCUT2D eigenvalue weighted by atomic mass is 16.1. The second kappa shape index (κ2) is 7.08. The fourth-order valence-electron chi connectivity index (χ4n) is 3.68. The fourth-order valence-corrected chi connectivity index (χ4v) is 3.68. The van der Waals surface area contributed by atoms with Gasteiger partial charge in [0.1, 0.15) is 0 Å². The monoisotopic (exact) mass is 277 g/mol. The van der Waals surface area contributed by atoms with E-state index in [-0.39, 0.29) is 11.8 Å². The number of nitrogens with one attached hydrogen (secondary N) is 1. The van der Waals surface area contributed by atoms with Gasteiger partial charge in [-0.3, -0.25) is 9.69 Å². The van der Waals surface area contributed by atoms with Crippen LogP contribution in [0.25, 0.3) is 0 Å². The summed E-state index contributed by atoms with van der Waals surface area (Å²) < 4.78 is 0. The highest BCUT2D eigenvalue weighted by Crippen LogP contribution is 2.33. The van der Waals surface area contributed by atoms with Gasteiger partial charge in [0.25, 0.3) is 0 Å². The van der Waals surface area contributed by atoms with Crippen LogP contribution in [0.4, 0.5) is 0 Å². The van der Waals surface area contributed by atoms with Crippen molar-refractivity contribution in [2.75, 3.05) is 19.6 Å². The third-order valence-corrected chi connectivity index (χ3v) is 5.00. The van der Waals surface area contributed by atoms with Crippen molar-refractivity contribution >= 4 is 5.91 Å². The maximum Gasteiger partial charge on any atom is 0.216 e. The normalized spacial score (nSPS) is 32.5. The van der Waals surface area contributed by atoms with E-state index in [1.165, 1.54) is 12.8 Å². The molecule has 0 aromatic rings. The van der Waals surface area contributed by atoms with Gasteiger partial charge in [0.05, 0.1) is 12.0 Å². The number of carbonyl (C=O) groups excluding carboxylic acids is 1. The third-order valence-electron chi connectivity index (χ3n) is 5.00. The molecule has 0 radical (unpaired) electrons. The van der Waals surface area contributed by atoms with Crippen molar-refractivity contribution in [1.29, 1.82) is 5.26 Å². The van der Waals surface area contributed by atoms with Crippen molar-refractivity contribution in [1.82, 2.24) is 10.2 Å². The molecule has 0 spiro atoms. The van der Waals surface area contributed by atoms with Gasteiger partial charge in [-0.25, -0.2) is 0 Å². The van der Waals surface area contributed by atoms with Gasteiger partial charge in [0.2, 0.25) is 5.91 Å². The molecule has 1 saturated carbocycles. The molecule has 2 rings (SSSR count). The van der Waals surface area contributed by atoms with E-state index < -0.39 is 0 Å². The van der Waals surface area contributed by atoms with E-state index in [0.29, 0.717) is 12.0 Å². The molecule has 112 valence electrons. The lowest BCUT2D eigenvalue weighted by molar-refractivity contribution is -0.119. The summed E-state index contributed by atoms with van der Waals surface area (Å²) >= 11 is 0. The van der Waals surface area contributed by atoms with Crippen LogP contribution in [-0.4, -0.2) is 36.5 Å². The summed E-state index contributed by atoms with van der Waals surface area (Å²) in [6.45, 7) is 6.87. The number of carbonyl (C=O) groups is 1. The molecule has 1 aliphatic carbocycles. The smallest absolute Gasteiger partial charge is 0.216 e. The Hall–Kier alpha value is -1.08. The summed E-state index contributed by atoms with van der Waals surface area (Å²) in [5.74, 6) is 1.65. The van der Waals surface area contributed by atoms with E-state index in [4.69, 9.17) is 0 Å². The zero-order valence-electron chi connectivity index (χ0n) is 12.8. The highest BCUT2D eigenvalue weighted by Gasteiger charge is 2.34. The van der Waals surface area contributed by atoms with Crippen molar-refractivity contribution in [2.45, 2.75) is 52.0 Å². The minimum absolute atomic E-state index is 0.0677. The van der Waals surface area contributed by atoms with E-state index in [1.54, 1.807) is 6.92 Å². The van der Waals surface area contributed by atoms with Gasteiger partial charge in [0.15, 0.2) is 0 Å². The summed E-state index contributed by atoms with van der Waals surface area (Å²) in [4.78, 5) is 13.5. The van der Waals surface area contributed by atoms with Crippen molar-refractivity contribution in [3.8, 4) is 6.07 Å². The number of hydrogen-bond acceptors (Lipinski definition) is 3. The molecule has 3 atom stereocenters. The maximum atomic E-state index is 11.0. The predicted molar refractivity (Wildman–Crippen MR) is 78.9 cm³/mol. The minimum atomic E-state index is 0.0677. The Kier molecular flexibility index (Phi) is 5.42. The standard InChI is InChI=1S/C16H27N3O/c1-12-3-4-15(10-17)16(9-12)19-7-5-14(6-8-19)11-18-13(2)20/h12,14-16H,3-9,11H2,1-2H3,(H,18,20). The lowest BCUT2D eigenvalue weighted by atomic mass is 9.78. The molecule has 4 nitrogen and oxygen atoms in total. The van der Waals surface area contributed by atoms with Crippen LogP contribution in [0.15, 0.2) is 0 Å². The summed E-state index contributed by atoms with van der Waals surface area (Å²) in [7, 11) is 0. The Labute approximate surface area is 122 Å². The Balaban J connectivity index is 1.83. The van der Waals surface area contributed by atoms with Crippen LogP contribution in [-0.2, 0) is 4.79 Å². The van der Waals surface area contributed by atoms with Gasteiger partial charge in [0, 0.05) is 19.5 Å². The van der Waals surface area contributed by atoms with Crippen LogP contribution in [0.5, 0.6) is 0 Å². The van der Waals surface area contributed by atoms with Gasteiger partial charge in [-0.2, -0.15) is 5.26 Å². The average Bonchev–Trinajstić information content (AvgIpc) is 2.45. The van der Waals surface area contributed by atoms with Gasteiger partial charge in [-0.15, -0.1) is 0 Å². The molecule has 3 unspecified atom stereocenters. The van der Waals surface area contributed by atoms with Gasteiger partial charge < -0.3 is 5.32 Å². The third kappa shape index (κ3) is 3.96. The second-order valence-electron chi connectivity index (χ2n) is 6.64. The molecule has 1 amide bonds. The van der Waals surface area contributed by atoms with Crippen molar-refractivity contribution in [3.05, 3.63) is 0 Å². The van der Waals surface area contributed by atoms with Crippen LogP contribution in [0, 0.1) is 29.1 Å². The number of nitriles is 1. The number of piperidine rings is 1. The fraction of sp³-hybridized carbons (Fsp3) is 0.875. The number of likely N-dealkylation sites (tertiary alicyclic amines) is 1. The molecule has 0 bridgehead atoms. The summed E-state index contributed by atoms with van der Waals surface area (Å²) in [5.41, 5.74) is 0. The SMILES string of the molecule is CC(=O)NCC1CCN(C2CC(C)CCC2C#N)CC1. The van der Waals surface area contributed by atoms with E-state index >= 15 is 0 Å². The van der Waals surface area contributed by atoms with E-state index in [1.807, 2.05) is 0 Å². The molecule has 2 aliphatic rings. The van der Waals surface area contributed by atoms with Gasteiger partial charge in [-0.05, 0) is 57.0 Å². The topological polar surface area (TPSA) is 56.1 Å². The molecule has 0 aromatic heterocycles. The number of nitrogens with zero attached hydrogens (tertiary/aromatic N) is 2. The van der Waals surface area contributed by atoms with E-state index in [2.05, 4.69) is 23.2 Å². The molecule has 0 aromatic carbocycles. The number of hydrogen-bond donors (Lipinski definition) is 1. The minimum Gasteiger partial charge on any atom is -0.356 e. The first-order chi connectivity index (χ1) is 9.60. The largest absolute Gasteiger partial charge is 0.356 e. The molecule has 20 heavy (non-hydrogen) atoms. The molecule has 4 heteroatoms. The predicted octanol–water partition coefficient (Wildman–Crippen LogP) is 2.16. The first kappa shape index (κ1) is 15.3. The Morgan fingerprint density at radius 2 is 2.00 bits per heavy atom. The molecular weight excluding hydrogens is 250 g/mol. The van der Waals surface area contributed by atoms with Crippen molar-refractivity contribution in [3.63, 3.8) is 0 Å². The van der Waals surface area contributed by atoms with Crippen molar-refractivity contribution < 1.29 is 4.79 Å². The second-order valence-corrected chi connectivity index (χ2v) is 6.64. The number of rotatable bonds is 3. The highest BCUT2D eigenvalue weighted by molar-refractivity contribution is 5.72. The zero-order chi connectivity index (χ0) is 14.5. The lowest BCUT2D eigenvalue weighted by Gasteiger charge is -2.42. The Bertz CT molecular complexity index is 368. The van der Waals surface area contributed by atoms with Crippen LogP contribution >= 0.6 is 0 Å². The Morgan fingerprint density at radius 3 is 2.60 bits per heavy atom. The van der Waals surface area contributed by atoms with Crippen LogP contribution in [0.3, 0.4) is 0 Å². The van der Waals surface area contributed by atoms with Crippen LogP contribution < -0.4 is 5.32 Å². The van der Waals surface area contributed by atoms with E-state index in [9.17, 15) is 10.1 Å². The first-order valence-electron chi connectivity index (χ1n) is 7.98. The van der Waals surface area contributed by atoms with Gasteiger partial charge >= 0.3 is 0 Å². The van der Waals surface area contributed by atoms with Crippen LogP contribution in [0.2, 0.25) is 0 Å². The van der Waals surface area contributed by atoms with E-state index in [0.717, 1.165) is 44.8 Å². The maximum absolute atomic E-state index is 11.0. The quantitative estimate of drug-likeness (QED) is 0.860. The van der Waals surface area contributed by atoms with Gasteiger partial charge in [-0.1, -0.05) is 6.92 Å². The number of amides is 1.